The Morgan fingerprint density at radius 2 is 1.81 bits per heavy atom. The Labute approximate surface area is 122 Å². The highest BCUT2D eigenvalue weighted by atomic mass is 31.2. The highest BCUT2D eigenvalue weighted by Gasteiger charge is 2.24. The number of esters is 2. The van der Waals surface area contributed by atoms with Gasteiger partial charge in [-0.3, -0.25) is 4.57 Å². The first-order valence-corrected chi connectivity index (χ1v) is 7.86. The van der Waals surface area contributed by atoms with Crippen LogP contribution < -0.4 is 0 Å². The molecule has 0 saturated heterocycles. The maximum atomic E-state index is 11.9. The zero-order valence-corrected chi connectivity index (χ0v) is 12.9. The van der Waals surface area contributed by atoms with Gasteiger partial charge in [0.15, 0.2) is 0 Å². The Kier molecular flexibility index (Phi) is 6.08. The smallest absolute Gasteiger partial charge is 0.338 e. The molecule has 1 rings (SSSR count). The lowest BCUT2D eigenvalue weighted by Gasteiger charge is -2.14. The molecule has 0 radical (unpaired) electrons. The lowest BCUT2D eigenvalue weighted by Crippen LogP contribution is -2.09. The summed E-state index contributed by atoms with van der Waals surface area (Å²) in [5.74, 6) is -1.28. The summed E-state index contributed by atoms with van der Waals surface area (Å²) in [6.07, 6.45) is -0.407. The van der Waals surface area contributed by atoms with Gasteiger partial charge in [0, 0.05) is 0 Å². The fourth-order valence-corrected chi connectivity index (χ4v) is 2.93. The molecule has 0 amide bonds. The highest BCUT2D eigenvalue weighted by molar-refractivity contribution is 7.51. The number of carbonyl (C=O) groups excluding carboxylic acids is 2. The van der Waals surface area contributed by atoms with E-state index >= 15 is 0 Å². The molecule has 21 heavy (non-hydrogen) atoms. The maximum Gasteiger partial charge on any atom is 0.338 e. The fraction of sp³-hybridized carbons (Fsp3) is 0.385. The summed E-state index contributed by atoms with van der Waals surface area (Å²) in [7, 11) is -1.50. The van der Waals surface area contributed by atoms with E-state index in [-0.39, 0.29) is 23.3 Å². The summed E-state index contributed by atoms with van der Waals surface area (Å²) in [6, 6.07) is 4.05. The van der Waals surface area contributed by atoms with E-state index in [9.17, 15) is 19.0 Å². The highest BCUT2D eigenvalue weighted by Crippen LogP contribution is 2.46. The van der Waals surface area contributed by atoms with Gasteiger partial charge in [-0.15, -0.1) is 0 Å². The first-order valence-electron chi connectivity index (χ1n) is 6.10. The van der Waals surface area contributed by atoms with Gasteiger partial charge in [0.25, 0.3) is 0 Å². The van der Waals surface area contributed by atoms with Gasteiger partial charge in [0.1, 0.15) is 0 Å². The number of methoxy groups -OCH3 is 2. The van der Waals surface area contributed by atoms with E-state index in [4.69, 9.17) is 4.52 Å². The van der Waals surface area contributed by atoms with E-state index < -0.39 is 25.7 Å². The Bertz CT molecular complexity index is 582. The molecule has 1 atom stereocenters. The van der Waals surface area contributed by atoms with Crippen molar-refractivity contribution in [2.75, 3.05) is 20.8 Å². The zero-order chi connectivity index (χ0) is 16.0. The van der Waals surface area contributed by atoms with Crippen molar-refractivity contribution in [3.63, 3.8) is 0 Å². The van der Waals surface area contributed by atoms with Gasteiger partial charge >= 0.3 is 19.5 Å². The molecule has 0 fully saturated rings. The van der Waals surface area contributed by atoms with Crippen LogP contribution in [-0.4, -0.2) is 37.7 Å². The zero-order valence-electron chi connectivity index (χ0n) is 12.0. The molecule has 1 unspecified atom stereocenters. The van der Waals surface area contributed by atoms with Crippen molar-refractivity contribution in [2.45, 2.75) is 13.1 Å². The molecule has 1 aromatic rings. The van der Waals surface area contributed by atoms with Gasteiger partial charge in [-0.2, -0.15) is 0 Å². The lowest BCUT2D eigenvalue weighted by atomic mass is 10.1. The maximum absolute atomic E-state index is 11.9. The second-order valence-electron chi connectivity index (χ2n) is 4.07. The molecule has 116 valence electrons. The van der Waals surface area contributed by atoms with Gasteiger partial charge in [0.2, 0.25) is 0 Å². The lowest BCUT2D eigenvalue weighted by molar-refractivity contribution is 0.0585. The van der Waals surface area contributed by atoms with Crippen LogP contribution in [0.15, 0.2) is 18.2 Å². The predicted octanol–water partition coefficient (Wildman–Crippen LogP) is 1.98. The summed E-state index contributed by atoms with van der Waals surface area (Å²) in [4.78, 5) is 32.9. The minimum atomic E-state index is -3.91. The predicted molar refractivity (Wildman–Crippen MR) is 74.3 cm³/mol. The molecule has 0 aliphatic heterocycles. The molecule has 0 aliphatic carbocycles. The van der Waals surface area contributed by atoms with Gasteiger partial charge in [-0.05, 0) is 30.7 Å². The molecule has 7 nitrogen and oxygen atoms in total. The molecule has 0 spiro atoms. The van der Waals surface area contributed by atoms with Crippen LogP contribution in [0.5, 0.6) is 0 Å². The van der Waals surface area contributed by atoms with Crippen molar-refractivity contribution in [2.24, 2.45) is 0 Å². The number of benzene rings is 1. The second kappa shape index (κ2) is 7.36. The minimum Gasteiger partial charge on any atom is -0.465 e. The van der Waals surface area contributed by atoms with E-state index in [1.165, 1.54) is 32.4 Å². The summed E-state index contributed by atoms with van der Waals surface area (Å²) in [6.45, 7) is 1.63. The van der Waals surface area contributed by atoms with Gasteiger partial charge in [0.05, 0.1) is 38.1 Å². The van der Waals surface area contributed by atoms with Crippen molar-refractivity contribution >= 4 is 19.5 Å². The quantitative estimate of drug-likeness (QED) is 0.632. The molecular formula is C13H17O7P. The van der Waals surface area contributed by atoms with Crippen LogP contribution in [0.25, 0.3) is 0 Å². The van der Waals surface area contributed by atoms with Crippen LogP contribution in [0, 0.1) is 0 Å². The van der Waals surface area contributed by atoms with Crippen LogP contribution in [0.1, 0.15) is 33.2 Å². The summed E-state index contributed by atoms with van der Waals surface area (Å²) >= 11 is 0. The Morgan fingerprint density at radius 3 is 2.33 bits per heavy atom. The van der Waals surface area contributed by atoms with E-state index in [2.05, 4.69) is 9.47 Å². The van der Waals surface area contributed by atoms with Crippen LogP contribution in [-0.2, 0) is 24.7 Å². The molecule has 0 aliphatic rings. The number of carbonyl (C=O) groups is 2. The molecule has 0 saturated carbocycles. The molecular weight excluding hydrogens is 299 g/mol. The third-order valence-corrected chi connectivity index (χ3v) is 4.03. The Balaban J connectivity index is 3.26. The van der Waals surface area contributed by atoms with Crippen LogP contribution in [0.2, 0.25) is 0 Å². The monoisotopic (exact) mass is 316 g/mol. The Morgan fingerprint density at radius 1 is 1.19 bits per heavy atom. The summed E-state index contributed by atoms with van der Waals surface area (Å²) < 4.78 is 25.8. The number of rotatable bonds is 6. The van der Waals surface area contributed by atoms with Crippen molar-refractivity contribution in [3.05, 3.63) is 34.9 Å². The third kappa shape index (κ3) is 4.67. The van der Waals surface area contributed by atoms with Gasteiger partial charge in [-0.1, -0.05) is 0 Å². The summed E-state index contributed by atoms with van der Waals surface area (Å²) in [5, 5.41) is 0. The SMILES string of the molecule is CCOP(=O)(O)Cc1cc(C(=O)OC)ccc1C(=O)OC. The molecule has 0 heterocycles. The van der Waals surface area contributed by atoms with Crippen molar-refractivity contribution < 1.29 is 33.0 Å². The molecule has 0 bridgehead atoms. The number of hydrogen-bond acceptors (Lipinski definition) is 6. The number of ether oxygens (including phenoxy) is 2. The van der Waals surface area contributed by atoms with Gasteiger partial charge in [-0.25, -0.2) is 9.59 Å². The topological polar surface area (TPSA) is 99.1 Å². The molecule has 8 heteroatoms. The van der Waals surface area contributed by atoms with E-state index in [1.54, 1.807) is 6.92 Å². The normalized spacial score (nSPS) is 13.3. The van der Waals surface area contributed by atoms with Gasteiger partial charge < -0.3 is 18.9 Å². The van der Waals surface area contributed by atoms with Crippen LogP contribution in [0.4, 0.5) is 0 Å². The van der Waals surface area contributed by atoms with Crippen LogP contribution in [0.3, 0.4) is 0 Å². The van der Waals surface area contributed by atoms with E-state index in [0.717, 1.165) is 0 Å². The van der Waals surface area contributed by atoms with Crippen molar-refractivity contribution in [1.82, 2.24) is 0 Å². The number of hydrogen-bond donors (Lipinski definition) is 1. The average Bonchev–Trinajstić information content (AvgIpc) is 2.44. The molecule has 1 aromatic carbocycles. The molecule has 1 N–H and O–H groups in total. The fourth-order valence-electron chi connectivity index (χ4n) is 1.74. The molecule has 0 aromatic heterocycles. The van der Waals surface area contributed by atoms with Crippen LogP contribution >= 0.6 is 7.60 Å². The average molecular weight is 316 g/mol. The third-order valence-electron chi connectivity index (χ3n) is 2.63. The van der Waals surface area contributed by atoms with E-state index in [1.807, 2.05) is 0 Å². The van der Waals surface area contributed by atoms with E-state index in [0.29, 0.717) is 0 Å². The standard InChI is InChI=1S/C13H17O7P/c1-4-20-21(16,17)8-10-7-9(12(14)18-2)5-6-11(10)13(15)19-3/h5-7H,4,8H2,1-3H3,(H,16,17). The second-order valence-corrected chi connectivity index (χ2v) is 5.92. The summed E-state index contributed by atoms with van der Waals surface area (Å²) in [5.41, 5.74) is 0.444. The first kappa shape index (κ1) is 17.4. The largest absolute Gasteiger partial charge is 0.465 e. The van der Waals surface area contributed by atoms with Crippen molar-refractivity contribution in [3.8, 4) is 0 Å². The first-order chi connectivity index (χ1) is 9.84. The minimum absolute atomic E-state index is 0.0536. The Hall–Kier alpha value is -1.69. The van der Waals surface area contributed by atoms with Crippen molar-refractivity contribution in [1.29, 1.82) is 0 Å².